The molecule has 2 saturated carbocycles. The molecule has 190 valence electrons. The van der Waals surface area contributed by atoms with Gasteiger partial charge in [0.1, 0.15) is 0 Å². The molecule has 0 unspecified atom stereocenters. The van der Waals surface area contributed by atoms with Gasteiger partial charge < -0.3 is 29.2 Å². The Morgan fingerprint density at radius 3 is 2.32 bits per heavy atom. The van der Waals surface area contributed by atoms with Crippen LogP contribution >= 0.6 is 0 Å². The summed E-state index contributed by atoms with van der Waals surface area (Å²) in [5.41, 5.74) is -3.39. The van der Waals surface area contributed by atoms with Gasteiger partial charge in [-0.1, -0.05) is 20.8 Å². The molecule has 3 aliphatic carbocycles. The van der Waals surface area contributed by atoms with Crippen LogP contribution < -0.4 is 0 Å². The number of Topliss-reactive ketones (excluding diaryl/α,β-unsaturated/α-hetero) is 1. The lowest BCUT2D eigenvalue weighted by Gasteiger charge is -2.70. The Morgan fingerprint density at radius 1 is 1.12 bits per heavy atom. The second-order valence-corrected chi connectivity index (χ2v) is 11.1. The van der Waals surface area contributed by atoms with Gasteiger partial charge in [-0.15, -0.1) is 0 Å². The van der Waals surface area contributed by atoms with Crippen molar-refractivity contribution in [1.29, 1.82) is 0 Å². The highest BCUT2D eigenvalue weighted by molar-refractivity contribution is 5.99. The van der Waals surface area contributed by atoms with Gasteiger partial charge in [-0.05, 0) is 31.3 Å². The smallest absolute Gasteiger partial charge is 0.303 e. The average molecular weight is 481 g/mol. The lowest BCUT2D eigenvalue weighted by molar-refractivity contribution is -0.353. The fourth-order valence-corrected chi connectivity index (χ4v) is 8.17. The summed E-state index contributed by atoms with van der Waals surface area (Å²) in [5, 5.41) is 22.6. The Balaban J connectivity index is 1.97. The number of hydrogen-bond donors (Lipinski definition) is 2. The maximum absolute atomic E-state index is 13.9. The van der Waals surface area contributed by atoms with Crippen LogP contribution in [0.4, 0.5) is 0 Å². The minimum absolute atomic E-state index is 0.0653. The van der Waals surface area contributed by atoms with Gasteiger partial charge in [-0.2, -0.15) is 0 Å². The van der Waals surface area contributed by atoms with Gasteiger partial charge in [-0.25, -0.2) is 0 Å². The summed E-state index contributed by atoms with van der Waals surface area (Å²) in [6.07, 6.45) is -1.85. The highest BCUT2D eigenvalue weighted by atomic mass is 16.6. The predicted octanol–water partition coefficient (Wildman–Crippen LogP) is 1.74. The topological polar surface area (TPSA) is 129 Å². The molecule has 3 fully saturated rings. The molecule has 4 aliphatic rings. The summed E-state index contributed by atoms with van der Waals surface area (Å²) in [6.45, 7) is 9.88. The van der Waals surface area contributed by atoms with E-state index < -0.39 is 64.8 Å². The third kappa shape index (κ3) is 3.19. The fourth-order valence-electron chi connectivity index (χ4n) is 8.17. The lowest BCUT2D eigenvalue weighted by Crippen LogP contribution is -2.78. The SMILES string of the molecule is COC1=C[C@@H](C)[C@@H]2C[C@H]3O[C@@H](O)C[C@H]4[C@](C)(OC(C)=O)[C@H](OC(C)=O)[C@@H](O)[C@H]([C@@]2(C)C1=O)[C@@]34C. The maximum Gasteiger partial charge on any atom is 0.303 e. The van der Waals surface area contributed by atoms with Crippen molar-refractivity contribution >= 4 is 17.7 Å². The van der Waals surface area contributed by atoms with E-state index in [1.807, 2.05) is 20.8 Å². The molecule has 0 aromatic carbocycles. The summed E-state index contributed by atoms with van der Waals surface area (Å²) < 4.78 is 22.9. The molecule has 0 aromatic heterocycles. The Bertz CT molecular complexity index is 929. The number of carbonyl (C=O) groups excluding carboxylic acids is 3. The Labute approximate surface area is 199 Å². The molecule has 0 spiro atoms. The van der Waals surface area contributed by atoms with E-state index in [-0.39, 0.29) is 29.8 Å². The summed E-state index contributed by atoms with van der Waals surface area (Å²) in [5.74, 6) is -2.78. The zero-order chi connectivity index (χ0) is 25.4. The van der Waals surface area contributed by atoms with E-state index in [0.717, 1.165) is 0 Å². The first-order valence-electron chi connectivity index (χ1n) is 11.9. The van der Waals surface area contributed by atoms with Crippen LogP contribution in [0, 0.1) is 34.5 Å². The number of carbonyl (C=O) groups is 3. The molecule has 4 rings (SSSR count). The molecule has 1 aliphatic heterocycles. The number of methoxy groups -OCH3 is 1. The van der Waals surface area contributed by atoms with Crippen molar-refractivity contribution in [1.82, 2.24) is 0 Å². The fraction of sp³-hybridized carbons (Fsp3) is 0.800. The van der Waals surface area contributed by atoms with Gasteiger partial charge in [-0.3, -0.25) is 14.4 Å². The summed E-state index contributed by atoms with van der Waals surface area (Å²) >= 11 is 0. The third-order valence-corrected chi connectivity index (χ3v) is 9.30. The van der Waals surface area contributed by atoms with E-state index in [1.165, 1.54) is 21.0 Å². The first-order chi connectivity index (χ1) is 15.7. The number of hydrogen-bond acceptors (Lipinski definition) is 9. The molecule has 9 nitrogen and oxygen atoms in total. The molecule has 11 atom stereocenters. The maximum atomic E-state index is 13.9. The number of esters is 2. The number of rotatable bonds is 3. The highest BCUT2D eigenvalue weighted by Gasteiger charge is 2.76. The molecule has 0 amide bonds. The quantitative estimate of drug-likeness (QED) is 0.580. The van der Waals surface area contributed by atoms with E-state index in [2.05, 4.69) is 0 Å². The number of ether oxygens (including phenoxy) is 4. The van der Waals surface area contributed by atoms with Gasteiger partial charge in [0.2, 0.25) is 5.78 Å². The minimum Gasteiger partial charge on any atom is -0.493 e. The molecule has 1 heterocycles. The number of ketones is 1. The number of aliphatic hydroxyl groups is 2. The molecule has 9 heteroatoms. The van der Waals surface area contributed by atoms with E-state index in [1.54, 1.807) is 13.0 Å². The molecular formula is C25H36O9. The van der Waals surface area contributed by atoms with Gasteiger partial charge in [0.25, 0.3) is 0 Å². The summed E-state index contributed by atoms with van der Waals surface area (Å²) in [7, 11) is 1.45. The summed E-state index contributed by atoms with van der Waals surface area (Å²) in [4.78, 5) is 38.2. The van der Waals surface area contributed by atoms with Crippen LogP contribution in [0.3, 0.4) is 0 Å². The van der Waals surface area contributed by atoms with Gasteiger partial charge in [0.15, 0.2) is 23.8 Å². The van der Waals surface area contributed by atoms with Gasteiger partial charge in [0.05, 0.1) is 19.3 Å². The first-order valence-corrected chi connectivity index (χ1v) is 11.9. The molecule has 0 aromatic rings. The van der Waals surface area contributed by atoms with Crippen LogP contribution in [0.15, 0.2) is 11.8 Å². The largest absolute Gasteiger partial charge is 0.493 e. The van der Waals surface area contributed by atoms with E-state index in [0.29, 0.717) is 6.42 Å². The first kappa shape index (κ1) is 25.1. The van der Waals surface area contributed by atoms with Crippen LogP contribution in [0.25, 0.3) is 0 Å². The normalized spacial score (nSPS) is 49.8. The van der Waals surface area contributed by atoms with Crippen LogP contribution in [0.2, 0.25) is 0 Å². The van der Waals surface area contributed by atoms with E-state index >= 15 is 0 Å². The second kappa shape index (κ2) is 8.03. The molecule has 1 saturated heterocycles. The summed E-state index contributed by atoms with van der Waals surface area (Å²) in [6, 6.07) is 0. The van der Waals surface area contributed by atoms with Crippen molar-refractivity contribution < 1.29 is 43.5 Å². The van der Waals surface area contributed by atoms with E-state index in [4.69, 9.17) is 18.9 Å². The van der Waals surface area contributed by atoms with Crippen molar-refractivity contribution in [3.63, 3.8) is 0 Å². The van der Waals surface area contributed by atoms with E-state index in [9.17, 15) is 24.6 Å². The number of fused-ring (bicyclic) bond motifs is 2. The third-order valence-electron chi connectivity index (χ3n) is 9.30. The highest BCUT2D eigenvalue weighted by Crippen LogP contribution is 2.69. The number of allylic oxidation sites excluding steroid dienone is 2. The van der Waals surface area contributed by atoms with Crippen LogP contribution in [-0.4, -0.2) is 65.2 Å². The zero-order valence-electron chi connectivity index (χ0n) is 20.9. The van der Waals surface area contributed by atoms with Crippen LogP contribution in [0.5, 0.6) is 0 Å². The standard InChI is InChI=1S/C25H36O9/c1-11-8-15(31-7)21(30)23(4)14(11)9-17-24(5)16(10-18(28)33-17)25(6,34-13(3)27)22(32-12(2)26)19(29)20(23)24/h8,11,14,16-20,22,28-29H,9-10H2,1-7H3/t11-,14+,16-,17-,18-,19+,20-,22-,23+,24-,25+/m1/s1. The molecular weight excluding hydrogens is 444 g/mol. The van der Waals surface area contributed by atoms with Crippen molar-refractivity contribution in [2.75, 3.05) is 7.11 Å². The lowest BCUT2D eigenvalue weighted by atomic mass is 9.37. The Hall–Kier alpha value is -1.97. The number of aliphatic hydroxyl groups excluding tert-OH is 2. The second-order valence-electron chi connectivity index (χ2n) is 11.1. The molecule has 0 radical (unpaired) electrons. The average Bonchev–Trinajstić information content (AvgIpc) is 2.72. The minimum atomic E-state index is -1.45. The predicted molar refractivity (Wildman–Crippen MR) is 118 cm³/mol. The van der Waals surface area contributed by atoms with Crippen molar-refractivity contribution in [3.8, 4) is 0 Å². The van der Waals surface area contributed by atoms with Crippen molar-refractivity contribution in [2.24, 2.45) is 34.5 Å². The van der Waals surface area contributed by atoms with Crippen LogP contribution in [-0.2, 0) is 33.3 Å². The van der Waals surface area contributed by atoms with Crippen molar-refractivity contribution in [3.05, 3.63) is 11.8 Å². The monoisotopic (exact) mass is 480 g/mol. The van der Waals surface area contributed by atoms with Crippen molar-refractivity contribution in [2.45, 2.75) is 84.6 Å². The Morgan fingerprint density at radius 2 is 1.76 bits per heavy atom. The van der Waals surface area contributed by atoms with Gasteiger partial charge >= 0.3 is 11.9 Å². The molecule has 34 heavy (non-hydrogen) atoms. The van der Waals surface area contributed by atoms with Gasteiger partial charge in [0, 0.05) is 42.9 Å². The molecule has 0 bridgehead atoms. The zero-order valence-corrected chi connectivity index (χ0v) is 20.9. The van der Waals surface area contributed by atoms with Crippen LogP contribution in [0.1, 0.15) is 54.4 Å². The Kier molecular flexibility index (Phi) is 5.94. The molecule has 2 N–H and O–H groups in total.